The molecule has 0 unspecified atom stereocenters. The van der Waals surface area contributed by atoms with E-state index in [1.165, 1.54) is 0 Å². The second kappa shape index (κ2) is 7.84. The summed E-state index contributed by atoms with van der Waals surface area (Å²) < 4.78 is 5.26. The molecule has 2 heterocycles. The van der Waals surface area contributed by atoms with Crippen molar-refractivity contribution in [2.24, 2.45) is 0 Å². The van der Waals surface area contributed by atoms with Crippen molar-refractivity contribution >= 4 is 24.3 Å². The second-order valence-corrected chi connectivity index (χ2v) is 6.19. The number of hydrogen-bond donors (Lipinski definition) is 2. The molecule has 0 aromatic carbocycles. The van der Waals surface area contributed by atoms with Crippen LogP contribution in [0.5, 0.6) is 0 Å². The minimum atomic E-state index is -0.381. The van der Waals surface area contributed by atoms with Gasteiger partial charge in [-0.3, -0.25) is 4.79 Å². The van der Waals surface area contributed by atoms with Crippen LogP contribution in [-0.2, 0) is 4.74 Å². The highest BCUT2D eigenvalue weighted by Gasteiger charge is 2.28. The Labute approximate surface area is 143 Å². The molecule has 1 amide bonds. The van der Waals surface area contributed by atoms with Crippen LogP contribution in [-0.4, -0.2) is 53.5 Å². The van der Waals surface area contributed by atoms with Crippen molar-refractivity contribution < 1.29 is 14.3 Å². The van der Waals surface area contributed by atoms with Gasteiger partial charge in [0.05, 0.1) is 11.7 Å². The smallest absolute Gasteiger partial charge is 0.340 e. The molecule has 23 heavy (non-hydrogen) atoms. The average Bonchev–Trinajstić information content (AvgIpc) is 2.72. The van der Waals surface area contributed by atoms with Crippen LogP contribution < -0.4 is 5.32 Å². The molecule has 0 bridgehead atoms. The van der Waals surface area contributed by atoms with E-state index in [4.69, 9.17) is 4.74 Å². The number of carbonyl (C=O) groups excluding carboxylic acids is 2. The predicted molar refractivity (Wildman–Crippen MR) is 91.4 cm³/mol. The number of aromatic nitrogens is 1. The van der Waals surface area contributed by atoms with Crippen molar-refractivity contribution in [3.8, 4) is 0 Å². The van der Waals surface area contributed by atoms with Gasteiger partial charge in [-0.2, -0.15) is 0 Å². The van der Waals surface area contributed by atoms with Crippen molar-refractivity contribution in [2.45, 2.75) is 46.8 Å². The first-order chi connectivity index (χ1) is 10.3. The van der Waals surface area contributed by atoms with E-state index in [9.17, 15) is 9.59 Å². The molecule has 1 fully saturated rings. The number of aryl methyl sites for hydroxylation is 1. The normalized spacial score (nSPS) is 17.8. The second-order valence-electron chi connectivity index (χ2n) is 6.19. The van der Waals surface area contributed by atoms with E-state index >= 15 is 0 Å². The largest absolute Gasteiger partial charge is 0.459 e. The fourth-order valence-electron chi connectivity index (χ4n) is 2.82. The van der Waals surface area contributed by atoms with Gasteiger partial charge in [-0.05, 0) is 40.2 Å². The summed E-state index contributed by atoms with van der Waals surface area (Å²) in [5.41, 5.74) is 2.30. The highest BCUT2D eigenvalue weighted by molar-refractivity contribution is 6.00. The maximum atomic E-state index is 12.7. The van der Waals surface area contributed by atoms with Gasteiger partial charge in [0.1, 0.15) is 5.69 Å². The van der Waals surface area contributed by atoms with E-state index < -0.39 is 0 Å². The molecular formula is C16H26ClN3O3. The Bertz CT molecular complexity index is 583. The molecule has 1 saturated heterocycles. The minimum absolute atomic E-state index is 0. The highest BCUT2D eigenvalue weighted by atomic mass is 35.5. The number of halogens is 1. The summed E-state index contributed by atoms with van der Waals surface area (Å²) in [5.74, 6) is -0.438. The third-order valence-corrected chi connectivity index (χ3v) is 3.85. The van der Waals surface area contributed by atoms with Gasteiger partial charge in [0.15, 0.2) is 0 Å². The van der Waals surface area contributed by atoms with E-state index in [0.717, 1.165) is 6.54 Å². The number of esters is 1. The summed E-state index contributed by atoms with van der Waals surface area (Å²) in [7, 11) is 0. The first-order valence-electron chi connectivity index (χ1n) is 7.74. The zero-order chi connectivity index (χ0) is 16.4. The molecule has 0 radical (unpaired) electrons. The van der Waals surface area contributed by atoms with Gasteiger partial charge in [0.25, 0.3) is 5.91 Å². The lowest BCUT2D eigenvalue weighted by molar-refractivity contribution is 0.0376. The van der Waals surface area contributed by atoms with Gasteiger partial charge < -0.3 is 19.9 Å². The van der Waals surface area contributed by atoms with Gasteiger partial charge >= 0.3 is 5.97 Å². The van der Waals surface area contributed by atoms with E-state index in [2.05, 4.69) is 17.2 Å². The van der Waals surface area contributed by atoms with Crippen molar-refractivity contribution in [2.75, 3.05) is 19.6 Å². The van der Waals surface area contributed by atoms with Gasteiger partial charge in [0, 0.05) is 31.4 Å². The maximum Gasteiger partial charge on any atom is 0.340 e. The SMILES string of the molecule is Cc1[nH]c(C(=O)N2CCN[C@H](C)C2)c(C)c1C(=O)OC(C)C.Cl. The van der Waals surface area contributed by atoms with Crippen LogP contribution in [0, 0.1) is 13.8 Å². The van der Waals surface area contributed by atoms with E-state index in [0.29, 0.717) is 35.6 Å². The van der Waals surface area contributed by atoms with Crippen LogP contribution in [0.15, 0.2) is 0 Å². The fraction of sp³-hybridized carbons (Fsp3) is 0.625. The zero-order valence-corrected chi connectivity index (χ0v) is 15.2. The lowest BCUT2D eigenvalue weighted by Crippen LogP contribution is -2.51. The molecule has 1 aliphatic heterocycles. The van der Waals surface area contributed by atoms with Crippen LogP contribution in [0.3, 0.4) is 0 Å². The van der Waals surface area contributed by atoms with Crippen LogP contribution in [0.1, 0.15) is 52.9 Å². The quantitative estimate of drug-likeness (QED) is 0.824. The number of aromatic amines is 1. The van der Waals surface area contributed by atoms with E-state index in [-0.39, 0.29) is 36.4 Å². The summed E-state index contributed by atoms with van der Waals surface area (Å²) >= 11 is 0. The number of nitrogens with one attached hydrogen (secondary N) is 2. The summed E-state index contributed by atoms with van der Waals surface area (Å²) in [6.45, 7) is 11.4. The van der Waals surface area contributed by atoms with Crippen molar-refractivity contribution in [3.63, 3.8) is 0 Å². The Balaban J connectivity index is 0.00000264. The molecule has 2 rings (SSSR count). The number of piperazine rings is 1. The summed E-state index contributed by atoms with van der Waals surface area (Å²) in [6.07, 6.45) is -0.186. The molecule has 130 valence electrons. The lowest BCUT2D eigenvalue weighted by Gasteiger charge is -2.31. The highest BCUT2D eigenvalue weighted by Crippen LogP contribution is 2.21. The monoisotopic (exact) mass is 343 g/mol. The summed E-state index contributed by atoms with van der Waals surface area (Å²) in [4.78, 5) is 29.8. The van der Waals surface area contributed by atoms with E-state index in [1.54, 1.807) is 13.8 Å². The number of H-pyrrole nitrogens is 1. The third-order valence-electron chi connectivity index (χ3n) is 3.85. The molecule has 0 aliphatic carbocycles. The molecule has 7 heteroatoms. The number of ether oxygens (including phenoxy) is 1. The number of hydrogen-bond acceptors (Lipinski definition) is 4. The van der Waals surface area contributed by atoms with Crippen LogP contribution >= 0.6 is 12.4 Å². The van der Waals surface area contributed by atoms with Crippen LogP contribution in [0.25, 0.3) is 0 Å². The molecule has 0 spiro atoms. The molecule has 6 nitrogen and oxygen atoms in total. The van der Waals surface area contributed by atoms with Crippen molar-refractivity contribution in [1.29, 1.82) is 0 Å². The summed E-state index contributed by atoms with van der Waals surface area (Å²) in [6, 6.07) is 0.277. The molecule has 1 atom stereocenters. The van der Waals surface area contributed by atoms with Crippen molar-refractivity contribution in [3.05, 3.63) is 22.5 Å². The van der Waals surface area contributed by atoms with Crippen LogP contribution in [0.4, 0.5) is 0 Å². The first kappa shape index (κ1) is 19.5. The van der Waals surface area contributed by atoms with Gasteiger partial charge in [-0.25, -0.2) is 4.79 Å². The fourth-order valence-corrected chi connectivity index (χ4v) is 2.82. The number of nitrogens with zero attached hydrogens (tertiary/aromatic N) is 1. The van der Waals surface area contributed by atoms with E-state index in [1.807, 2.05) is 18.7 Å². The Hall–Kier alpha value is -1.53. The van der Waals surface area contributed by atoms with Gasteiger partial charge in [-0.1, -0.05) is 0 Å². The predicted octanol–water partition coefficient (Wildman–Crippen LogP) is 2.05. The molecular weight excluding hydrogens is 318 g/mol. The number of amides is 1. The standard InChI is InChI=1S/C16H25N3O3.ClH/c1-9(2)22-16(21)13-11(4)14(18-12(13)5)15(20)19-7-6-17-10(3)8-19;/h9-10,17-18H,6-8H2,1-5H3;1H/t10-;/m1./s1. The van der Waals surface area contributed by atoms with Gasteiger partial charge in [0.2, 0.25) is 0 Å². The van der Waals surface area contributed by atoms with Crippen molar-refractivity contribution in [1.82, 2.24) is 15.2 Å². The molecule has 2 N–H and O–H groups in total. The molecule has 1 aromatic rings. The molecule has 1 aromatic heterocycles. The molecule has 0 saturated carbocycles. The Morgan fingerprint density at radius 3 is 2.52 bits per heavy atom. The number of rotatable bonds is 3. The topological polar surface area (TPSA) is 74.4 Å². The summed E-state index contributed by atoms with van der Waals surface area (Å²) in [5, 5.41) is 3.31. The average molecular weight is 344 g/mol. The zero-order valence-electron chi connectivity index (χ0n) is 14.4. The Kier molecular flexibility index (Phi) is 6.65. The Morgan fingerprint density at radius 1 is 1.30 bits per heavy atom. The minimum Gasteiger partial charge on any atom is -0.459 e. The third kappa shape index (κ3) is 4.26. The van der Waals surface area contributed by atoms with Gasteiger partial charge in [-0.15, -0.1) is 12.4 Å². The number of carbonyl (C=O) groups is 2. The Morgan fingerprint density at radius 2 is 1.96 bits per heavy atom. The molecule has 1 aliphatic rings. The maximum absolute atomic E-state index is 12.7. The first-order valence-corrected chi connectivity index (χ1v) is 7.74. The lowest BCUT2D eigenvalue weighted by atomic mass is 10.1. The van der Waals surface area contributed by atoms with Crippen LogP contribution in [0.2, 0.25) is 0 Å².